The van der Waals surface area contributed by atoms with Gasteiger partial charge in [-0.05, 0) is 18.2 Å². The van der Waals surface area contributed by atoms with Gasteiger partial charge in [0.25, 0.3) is 5.91 Å². The van der Waals surface area contributed by atoms with E-state index in [4.69, 9.17) is 5.11 Å². The number of imidazole rings is 1. The van der Waals surface area contributed by atoms with Gasteiger partial charge in [-0.2, -0.15) is 0 Å². The molecule has 0 saturated carbocycles. The molecular formula is C14H12FN3O2. The van der Waals surface area contributed by atoms with Crippen molar-refractivity contribution in [3.63, 3.8) is 0 Å². The number of hydrogen-bond acceptors (Lipinski definition) is 3. The van der Waals surface area contributed by atoms with Gasteiger partial charge in [-0.3, -0.25) is 10.1 Å². The number of H-pyrrole nitrogens is 1. The Morgan fingerprint density at radius 1 is 1.50 bits per heavy atom. The van der Waals surface area contributed by atoms with Gasteiger partial charge in [-0.15, -0.1) is 0 Å². The lowest BCUT2D eigenvalue weighted by Gasteiger charge is -2.03. The topological polar surface area (TPSA) is 78.0 Å². The first kappa shape index (κ1) is 13.8. The fourth-order valence-electron chi connectivity index (χ4n) is 1.51. The molecule has 2 aromatic rings. The summed E-state index contributed by atoms with van der Waals surface area (Å²) in [6.45, 7) is -0.0425. The van der Waals surface area contributed by atoms with Gasteiger partial charge in [0.15, 0.2) is 0 Å². The molecular weight excluding hydrogens is 261 g/mol. The van der Waals surface area contributed by atoms with Crippen LogP contribution in [0.5, 0.6) is 0 Å². The zero-order chi connectivity index (χ0) is 14.4. The summed E-state index contributed by atoms with van der Waals surface area (Å²) in [5, 5.41) is 11.0. The van der Waals surface area contributed by atoms with E-state index in [1.54, 1.807) is 12.3 Å². The lowest BCUT2D eigenvalue weighted by atomic mass is 10.1. The molecule has 1 aromatic carbocycles. The van der Waals surface area contributed by atoms with Crippen LogP contribution in [0.25, 0.3) is 0 Å². The average Bonchev–Trinajstić information content (AvgIpc) is 2.92. The SMILES string of the molecule is O=C(Nc1ncc[nH]1)c1ccc(C#CCCO)cc1F. The molecule has 0 aliphatic rings. The van der Waals surface area contributed by atoms with Crippen LogP contribution >= 0.6 is 0 Å². The van der Waals surface area contributed by atoms with Crippen molar-refractivity contribution in [2.24, 2.45) is 0 Å². The lowest BCUT2D eigenvalue weighted by molar-refractivity contribution is 0.102. The van der Waals surface area contributed by atoms with Gasteiger partial charge in [-0.25, -0.2) is 9.37 Å². The third kappa shape index (κ3) is 3.43. The Labute approximate surface area is 114 Å². The Hall–Kier alpha value is -2.65. The Kier molecular flexibility index (Phi) is 4.47. The molecule has 0 aliphatic heterocycles. The van der Waals surface area contributed by atoms with Crippen molar-refractivity contribution in [3.05, 3.63) is 47.5 Å². The predicted molar refractivity (Wildman–Crippen MR) is 71.5 cm³/mol. The molecule has 0 spiro atoms. The molecule has 5 nitrogen and oxygen atoms in total. The lowest BCUT2D eigenvalue weighted by Crippen LogP contribution is -2.14. The van der Waals surface area contributed by atoms with E-state index in [0.29, 0.717) is 12.0 Å². The first-order chi connectivity index (χ1) is 9.70. The van der Waals surface area contributed by atoms with Gasteiger partial charge in [0.2, 0.25) is 5.95 Å². The van der Waals surface area contributed by atoms with E-state index < -0.39 is 11.7 Å². The average molecular weight is 273 g/mol. The van der Waals surface area contributed by atoms with E-state index in [1.807, 2.05) is 0 Å². The van der Waals surface area contributed by atoms with Crippen molar-refractivity contribution in [1.29, 1.82) is 0 Å². The van der Waals surface area contributed by atoms with Crippen LogP contribution in [0.2, 0.25) is 0 Å². The van der Waals surface area contributed by atoms with E-state index >= 15 is 0 Å². The highest BCUT2D eigenvalue weighted by Crippen LogP contribution is 2.11. The van der Waals surface area contributed by atoms with Crippen molar-refractivity contribution in [2.45, 2.75) is 6.42 Å². The molecule has 20 heavy (non-hydrogen) atoms. The van der Waals surface area contributed by atoms with Crippen LogP contribution in [0.3, 0.4) is 0 Å². The summed E-state index contributed by atoms with van der Waals surface area (Å²) in [6, 6.07) is 4.09. The van der Waals surface area contributed by atoms with Crippen LogP contribution in [0.1, 0.15) is 22.3 Å². The third-order valence-corrected chi connectivity index (χ3v) is 2.41. The van der Waals surface area contributed by atoms with Crippen LogP contribution in [-0.4, -0.2) is 27.6 Å². The largest absolute Gasteiger partial charge is 0.395 e. The summed E-state index contributed by atoms with van der Waals surface area (Å²) < 4.78 is 13.8. The van der Waals surface area contributed by atoms with Crippen LogP contribution in [-0.2, 0) is 0 Å². The van der Waals surface area contributed by atoms with E-state index in [1.165, 1.54) is 18.3 Å². The van der Waals surface area contributed by atoms with Crippen LogP contribution in [0, 0.1) is 17.7 Å². The Bertz CT molecular complexity index is 657. The minimum atomic E-state index is -0.662. The number of halogens is 1. The van der Waals surface area contributed by atoms with Crippen LogP contribution in [0.15, 0.2) is 30.6 Å². The third-order valence-electron chi connectivity index (χ3n) is 2.41. The maximum atomic E-state index is 13.8. The van der Waals surface area contributed by atoms with E-state index in [2.05, 4.69) is 27.1 Å². The number of anilines is 1. The highest BCUT2D eigenvalue weighted by molar-refractivity contribution is 6.03. The zero-order valence-electron chi connectivity index (χ0n) is 10.5. The van der Waals surface area contributed by atoms with Gasteiger partial charge in [0.05, 0.1) is 12.2 Å². The van der Waals surface area contributed by atoms with E-state index in [9.17, 15) is 9.18 Å². The van der Waals surface area contributed by atoms with Crippen LogP contribution in [0.4, 0.5) is 10.3 Å². The van der Waals surface area contributed by atoms with Crippen molar-refractivity contribution in [2.75, 3.05) is 11.9 Å². The number of aromatic nitrogens is 2. The molecule has 102 valence electrons. The van der Waals surface area contributed by atoms with Gasteiger partial charge in [0.1, 0.15) is 5.82 Å². The van der Waals surface area contributed by atoms with Crippen molar-refractivity contribution in [1.82, 2.24) is 9.97 Å². The number of carbonyl (C=O) groups excluding carboxylic acids is 1. The molecule has 0 atom stereocenters. The molecule has 3 N–H and O–H groups in total. The second-order valence-electron chi connectivity index (χ2n) is 3.86. The standard InChI is InChI=1S/C14H12FN3O2/c15-12-9-10(3-1-2-8-19)4-5-11(12)13(20)18-14-16-6-7-17-14/h4-7,9,19H,2,8H2,(H2,16,17,18,20). The maximum absolute atomic E-state index is 13.8. The Balaban J connectivity index is 2.13. The maximum Gasteiger partial charge on any atom is 0.260 e. The summed E-state index contributed by atoms with van der Waals surface area (Å²) in [7, 11) is 0. The zero-order valence-corrected chi connectivity index (χ0v) is 10.5. The van der Waals surface area contributed by atoms with Gasteiger partial charge in [-0.1, -0.05) is 11.8 Å². The minimum Gasteiger partial charge on any atom is -0.395 e. The molecule has 2 rings (SSSR count). The molecule has 6 heteroatoms. The number of benzene rings is 1. The number of aliphatic hydroxyl groups is 1. The van der Waals surface area contributed by atoms with E-state index in [0.717, 1.165) is 0 Å². The number of hydrogen-bond donors (Lipinski definition) is 3. The number of aliphatic hydroxyl groups excluding tert-OH is 1. The highest BCUT2D eigenvalue weighted by Gasteiger charge is 2.12. The van der Waals surface area contributed by atoms with Gasteiger partial charge in [0, 0.05) is 24.4 Å². The first-order valence-electron chi connectivity index (χ1n) is 5.90. The predicted octanol–water partition coefficient (Wildman–Crippen LogP) is 1.53. The molecule has 0 bridgehead atoms. The Morgan fingerprint density at radius 2 is 2.35 bits per heavy atom. The highest BCUT2D eigenvalue weighted by atomic mass is 19.1. The molecule has 0 radical (unpaired) electrons. The fourth-order valence-corrected chi connectivity index (χ4v) is 1.51. The number of aromatic amines is 1. The molecule has 1 amide bonds. The fraction of sp³-hybridized carbons (Fsp3) is 0.143. The summed E-state index contributed by atoms with van der Waals surface area (Å²) in [5.41, 5.74) is 0.361. The molecule has 0 fully saturated rings. The number of rotatable bonds is 3. The summed E-state index contributed by atoms with van der Waals surface area (Å²) in [5.74, 6) is 4.38. The smallest absolute Gasteiger partial charge is 0.260 e. The molecule has 0 aliphatic carbocycles. The van der Waals surface area contributed by atoms with Gasteiger partial charge < -0.3 is 10.1 Å². The summed E-state index contributed by atoms with van der Waals surface area (Å²) in [6.07, 6.45) is 3.35. The molecule has 0 saturated heterocycles. The monoisotopic (exact) mass is 273 g/mol. The molecule has 0 unspecified atom stereocenters. The quantitative estimate of drug-likeness (QED) is 0.742. The number of amides is 1. The summed E-state index contributed by atoms with van der Waals surface area (Å²) >= 11 is 0. The number of carbonyl (C=O) groups is 1. The van der Waals surface area contributed by atoms with E-state index in [-0.39, 0.29) is 18.1 Å². The molecule has 1 heterocycles. The summed E-state index contributed by atoms with van der Waals surface area (Å²) in [4.78, 5) is 18.3. The van der Waals surface area contributed by atoms with Crippen molar-refractivity contribution < 1.29 is 14.3 Å². The Morgan fingerprint density at radius 3 is 3.00 bits per heavy atom. The van der Waals surface area contributed by atoms with Crippen molar-refractivity contribution >= 4 is 11.9 Å². The molecule has 1 aromatic heterocycles. The number of nitrogens with zero attached hydrogens (tertiary/aromatic N) is 1. The van der Waals surface area contributed by atoms with Crippen LogP contribution < -0.4 is 5.32 Å². The van der Waals surface area contributed by atoms with Crippen molar-refractivity contribution in [3.8, 4) is 11.8 Å². The number of nitrogens with one attached hydrogen (secondary N) is 2. The van der Waals surface area contributed by atoms with Gasteiger partial charge >= 0.3 is 0 Å². The first-order valence-corrected chi connectivity index (χ1v) is 5.90. The second kappa shape index (κ2) is 6.50. The normalized spacial score (nSPS) is 9.70. The second-order valence-corrected chi connectivity index (χ2v) is 3.86. The minimum absolute atomic E-state index is 0.0425.